The number of aromatic carboxylic acids is 1. The van der Waals surface area contributed by atoms with Crippen LogP contribution < -0.4 is 26.2 Å². The molecule has 0 amide bonds. The van der Waals surface area contributed by atoms with Gasteiger partial charge in [0.1, 0.15) is 16.4 Å². The number of aryl methyl sites for hydroxylation is 1. The summed E-state index contributed by atoms with van der Waals surface area (Å²) in [5.74, 6) is -2.04. The number of aromatic amines is 1. The number of amidine groups is 1. The third kappa shape index (κ3) is 4.27. The molecule has 11 nitrogen and oxygen atoms in total. The van der Waals surface area contributed by atoms with E-state index >= 15 is 4.39 Å². The van der Waals surface area contributed by atoms with Crippen molar-refractivity contribution in [2.45, 2.75) is 6.92 Å². The highest BCUT2D eigenvalue weighted by Gasteiger charge is 2.25. The summed E-state index contributed by atoms with van der Waals surface area (Å²) in [6.45, 7) is 1.65. The monoisotopic (exact) mass is 512 g/mol. The predicted octanol–water partition coefficient (Wildman–Crippen LogP) is 3.48. The number of nitrogens with one attached hydrogen (secondary N) is 3. The highest BCUT2D eigenvalue weighted by Crippen LogP contribution is 2.43. The second-order valence-electron chi connectivity index (χ2n) is 7.56. The van der Waals surface area contributed by atoms with E-state index in [0.717, 1.165) is 16.0 Å². The molecule has 13 heteroatoms. The fraction of sp³-hybridized carbons (Fsp3) is 0.130. The number of aromatic nitrogens is 3. The lowest BCUT2D eigenvalue weighted by Crippen LogP contribution is -2.18. The number of ether oxygens (including phenoxy) is 2. The predicted molar refractivity (Wildman–Crippen MR) is 133 cm³/mol. The summed E-state index contributed by atoms with van der Waals surface area (Å²) in [7, 11) is 2.73. The lowest BCUT2D eigenvalue weighted by Gasteiger charge is -2.17. The molecule has 0 aliphatic carbocycles. The highest BCUT2D eigenvalue weighted by molar-refractivity contribution is 7.12. The van der Waals surface area contributed by atoms with Gasteiger partial charge in [0.15, 0.2) is 23.1 Å². The Bertz CT molecular complexity index is 1540. The summed E-state index contributed by atoms with van der Waals surface area (Å²) in [6.07, 6.45) is 0. The molecule has 0 radical (unpaired) electrons. The number of nitrogens with zero attached hydrogens (tertiary/aromatic N) is 2. The summed E-state index contributed by atoms with van der Waals surface area (Å²) in [4.78, 5) is 26.8. The van der Waals surface area contributed by atoms with Crippen LogP contribution in [0.3, 0.4) is 0 Å². The van der Waals surface area contributed by atoms with E-state index in [4.69, 9.17) is 20.6 Å². The minimum atomic E-state index is -1.21. The molecule has 0 spiro atoms. The highest BCUT2D eigenvalue weighted by atomic mass is 32.1. The molecule has 6 N–H and O–H groups in total. The molecular formula is C23H21FN6O5S. The molecule has 0 aliphatic rings. The van der Waals surface area contributed by atoms with Crippen molar-refractivity contribution in [3.05, 3.63) is 68.0 Å². The van der Waals surface area contributed by atoms with Crippen molar-refractivity contribution < 1.29 is 23.8 Å². The fourth-order valence-electron chi connectivity index (χ4n) is 3.58. The number of carboxylic acids is 1. The Morgan fingerprint density at radius 2 is 1.97 bits per heavy atom. The summed E-state index contributed by atoms with van der Waals surface area (Å²) in [6, 6.07) is 7.73. The molecule has 4 rings (SSSR count). The number of carbonyl (C=O) groups is 1. The van der Waals surface area contributed by atoms with Gasteiger partial charge in [-0.3, -0.25) is 10.4 Å². The first-order valence-corrected chi connectivity index (χ1v) is 11.2. The first-order chi connectivity index (χ1) is 17.2. The molecule has 0 aliphatic heterocycles. The van der Waals surface area contributed by atoms with E-state index < -0.39 is 17.5 Å². The van der Waals surface area contributed by atoms with E-state index in [1.807, 2.05) is 0 Å². The maximum atomic E-state index is 15.9. The standard InChI is InChI=1S/C23H21FN6O5S/c1-10-9-36-19(22(31)32)17(10)30-23(33)28-21(29-30)13-8-14(34-2)18(35-3)16(15(13)24)27-12-6-4-11(5-7-12)20(25)26/h4-9,27H,1-3H3,(H3,25,26)(H,31,32)(H,28,29,33). The van der Waals surface area contributed by atoms with Crippen LogP contribution in [-0.4, -0.2) is 45.9 Å². The summed E-state index contributed by atoms with van der Waals surface area (Å²) >= 11 is 0.959. The Kier molecular flexibility index (Phi) is 6.49. The number of thiophene rings is 1. The van der Waals surface area contributed by atoms with Crippen LogP contribution in [0.25, 0.3) is 17.1 Å². The van der Waals surface area contributed by atoms with Crippen molar-refractivity contribution in [2.24, 2.45) is 5.73 Å². The van der Waals surface area contributed by atoms with Gasteiger partial charge in [-0.25, -0.2) is 14.0 Å². The number of nitrogen functional groups attached to an aromatic ring is 1. The van der Waals surface area contributed by atoms with Gasteiger partial charge in [-0.15, -0.1) is 16.4 Å². The Balaban J connectivity index is 1.85. The van der Waals surface area contributed by atoms with Gasteiger partial charge in [0.2, 0.25) is 0 Å². The van der Waals surface area contributed by atoms with Crippen molar-refractivity contribution in [3.63, 3.8) is 0 Å². The molecule has 4 aromatic rings. The summed E-state index contributed by atoms with van der Waals surface area (Å²) in [5.41, 5.74) is 6.14. The van der Waals surface area contributed by atoms with Gasteiger partial charge < -0.3 is 25.6 Å². The SMILES string of the molecule is COc1cc(-c2nn(-c3c(C)csc3C(=O)O)c(=O)[nH]2)c(F)c(Nc2ccc(C(=N)N)cc2)c1OC. The number of hydrogen-bond donors (Lipinski definition) is 5. The maximum Gasteiger partial charge on any atom is 0.348 e. The maximum absolute atomic E-state index is 15.9. The largest absolute Gasteiger partial charge is 0.493 e. The molecule has 0 atom stereocenters. The van der Waals surface area contributed by atoms with Crippen molar-refractivity contribution in [1.29, 1.82) is 5.41 Å². The Labute approximate surface area is 207 Å². The number of halogens is 1. The average molecular weight is 513 g/mol. The van der Waals surface area contributed by atoms with Crippen LogP contribution in [0, 0.1) is 18.2 Å². The summed E-state index contributed by atoms with van der Waals surface area (Å²) < 4.78 is 27.5. The van der Waals surface area contributed by atoms with Crippen LogP contribution >= 0.6 is 11.3 Å². The average Bonchev–Trinajstić information content (AvgIpc) is 3.42. The van der Waals surface area contributed by atoms with Crippen molar-refractivity contribution in [2.75, 3.05) is 19.5 Å². The van der Waals surface area contributed by atoms with Crippen LogP contribution in [0.1, 0.15) is 20.8 Å². The van der Waals surface area contributed by atoms with Gasteiger partial charge in [0, 0.05) is 11.3 Å². The molecular weight excluding hydrogens is 491 g/mol. The molecule has 2 aromatic carbocycles. The number of nitrogens with two attached hydrogens (primary N) is 1. The molecule has 36 heavy (non-hydrogen) atoms. The number of rotatable bonds is 8. The van der Waals surface area contributed by atoms with E-state index in [-0.39, 0.29) is 45.0 Å². The quantitative estimate of drug-likeness (QED) is 0.177. The number of hydrogen-bond acceptors (Lipinski definition) is 8. The van der Waals surface area contributed by atoms with E-state index in [1.54, 1.807) is 36.6 Å². The molecule has 0 fully saturated rings. The molecule has 2 heterocycles. The van der Waals surface area contributed by atoms with Crippen molar-refractivity contribution in [1.82, 2.24) is 14.8 Å². The number of benzene rings is 2. The zero-order chi connectivity index (χ0) is 26.1. The topological polar surface area (TPSA) is 168 Å². The van der Waals surface area contributed by atoms with Crippen LogP contribution in [0.5, 0.6) is 11.5 Å². The van der Waals surface area contributed by atoms with E-state index in [2.05, 4.69) is 15.4 Å². The lowest BCUT2D eigenvalue weighted by molar-refractivity contribution is 0.0702. The van der Waals surface area contributed by atoms with Crippen LogP contribution in [0.4, 0.5) is 15.8 Å². The fourth-order valence-corrected chi connectivity index (χ4v) is 4.45. The van der Waals surface area contributed by atoms with Gasteiger partial charge in [-0.1, -0.05) is 0 Å². The number of methoxy groups -OCH3 is 2. The van der Waals surface area contributed by atoms with Crippen LogP contribution in [0.2, 0.25) is 0 Å². The third-order valence-electron chi connectivity index (χ3n) is 5.29. The Morgan fingerprint density at radius 3 is 2.56 bits per heavy atom. The van der Waals surface area contributed by atoms with Gasteiger partial charge >= 0.3 is 11.7 Å². The first kappa shape index (κ1) is 24.5. The zero-order valence-electron chi connectivity index (χ0n) is 19.3. The van der Waals surface area contributed by atoms with Crippen molar-refractivity contribution >= 4 is 34.5 Å². The molecule has 186 valence electrons. The smallest absolute Gasteiger partial charge is 0.348 e. The number of H-pyrrole nitrogens is 1. The zero-order valence-corrected chi connectivity index (χ0v) is 20.1. The number of anilines is 2. The normalized spacial score (nSPS) is 10.8. The second kappa shape index (κ2) is 9.54. The van der Waals surface area contributed by atoms with E-state index in [1.165, 1.54) is 20.3 Å². The van der Waals surface area contributed by atoms with E-state index in [9.17, 15) is 14.7 Å². The van der Waals surface area contributed by atoms with Crippen molar-refractivity contribution in [3.8, 4) is 28.6 Å². The Morgan fingerprint density at radius 1 is 1.28 bits per heavy atom. The molecule has 0 unspecified atom stereocenters. The third-order valence-corrected chi connectivity index (χ3v) is 6.37. The van der Waals surface area contributed by atoms with Gasteiger partial charge in [0.25, 0.3) is 0 Å². The molecule has 0 bridgehead atoms. The van der Waals surface area contributed by atoms with Crippen LogP contribution in [-0.2, 0) is 0 Å². The van der Waals surface area contributed by atoms with Gasteiger partial charge in [-0.2, -0.15) is 4.68 Å². The van der Waals surface area contributed by atoms with Gasteiger partial charge in [0.05, 0.1) is 25.5 Å². The van der Waals surface area contributed by atoms with E-state index in [0.29, 0.717) is 16.8 Å². The van der Waals surface area contributed by atoms with Crippen LogP contribution in [0.15, 0.2) is 40.5 Å². The minimum Gasteiger partial charge on any atom is -0.493 e. The van der Waals surface area contributed by atoms with Gasteiger partial charge in [-0.05, 0) is 48.2 Å². The molecule has 0 saturated carbocycles. The number of carboxylic acid groups (broad SMARTS) is 1. The second-order valence-corrected chi connectivity index (χ2v) is 8.44. The minimum absolute atomic E-state index is 0.0676. The molecule has 2 aromatic heterocycles. The molecule has 0 saturated heterocycles. The summed E-state index contributed by atoms with van der Waals surface area (Å²) in [5, 5.41) is 25.7. The Hall–Kier alpha value is -4.65. The first-order valence-electron chi connectivity index (χ1n) is 10.3. The lowest BCUT2D eigenvalue weighted by atomic mass is 10.1.